The Labute approximate surface area is 244 Å². The number of benzene rings is 3. The molecule has 7 nitrogen and oxygen atoms in total. The highest BCUT2D eigenvalue weighted by molar-refractivity contribution is 7.92. The number of carbonyl (C=O) groups excluding carboxylic acids is 2. The number of amides is 2. The molecular formula is C28H30Cl3N3O4S. The van der Waals surface area contributed by atoms with Crippen molar-refractivity contribution in [3.63, 3.8) is 0 Å². The summed E-state index contributed by atoms with van der Waals surface area (Å²) in [6.45, 7) is 4.92. The molecule has 3 aromatic rings. The average molecular weight is 611 g/mol. The molecule has 208 valence electrons. The Bertz CT molecular complexity index is 1380. The monoisotopic (exact) mass is 609 g/mol. The zero-order chi connectivity index (χ0) is 28.7. The lowest BCUT2D eigenvalue weighted by Crippen LogP contribution is -2.53. The molecule has 0 aliphatic heterocycles. The van der Waals surface area contributed by atoms with Gasteiger partial charge in [0.25, 0.3) is 10.0 Å². The number of nitrogens with zero attached hydrogens (tertiary/aromatic N) is 2. The van der Waals surface area contributed by atoms with Crippen LogP contribution in [0, 0.1) is 0 Å². The maximum atomic E-state index is 14.0. The third-order valence-corrected chi connectivity index (χ3v) is 8.30. The molecule has 0 aliphatic carbocycles. The van der Waals surface area contributed by atoms with E-state index in [0.717, 1.165) is 9.87 Å². The maximum absolute atomic E-state index is 14.0. The van der Waals surface area contributed by atoms with Gasteiger partial charge in [0.2, 0.25) is 11.8 Å². The predicted octanol–water partition coefficient (Wildman–Crippen LogP) is 6.17. The largest absolute Gasteiger partial charge is 0.352 e. The first-order chi connectivity index (χ1) is 18.4. The van der Waals surface area contributed by atoms with Gasteiger partial charge in [-0.25, -0.2) is 8.42 Å². The van der Waals surface area contributed by atoms with Crippen LogP contribution in [0.15, 0.2) is 77.7 Å². The molecule has 0 bridgehead atoms. The zero-order valence-corrected chi connectivity index (χ0v) is 24.9. The van der Waals surface area contributed by atoms with Crippen molar-refractivity contribution in [1.82, 2.24) is 10.2 Å². The van der Waals surface area contributed by atoms with Crippen molar-refractivity contribution in [2.75, 3.05) is 10.8 Å². The summed E-state index contributed by atoms with van der Waals surface area (Å²) in [5, 5.41) is 3.80. The highest BCUT2D eigenvalue weighted by atomic mass is 35.5. The minimum absolute atomic E-state index is 0.0114. The first-order valence-corrected chi connectivity index (χ1v) is 14.9. The van der Waals surface area contributed by atoms with Crippen LogP contribution in [0.3, 0.4) is 0 Å². The Kier molecular flexibility index (Phi) is 10.7. The number of rotatable bonds is 11. The van der Waals surface area contributed by atoms with Gasteiger partial charge in [-0.15, -0.1) is 0 Å². The summed E-state index contributed by atoms with van der Waals surface area (Å²) < 4.78 is 28.6. The standard InChI is InChI=1S/C28H30Cl3N3O4S/c1-4-26(28(36)32-19(2)3)33(17-20-10-12-21(29)13-11-20)27(35)18-34(24-15-22(30)14-23(31)16-24)39(37,38)25-8-6-5-7-9-25/h5-16,19,26H,4,17-18H2,1-3H3,(H,32,36). The second kappa shape index (κ2) is 13.5. The van der Waals surface area contributed by atoms with Crippen LogP contribution in [-0.4, -0.2) is 43.8 Å². The molecule has 3 rings (SSSR count). The van der Waals surface area contributed by atoms with E-state index in [1.807, 2.05) is 13.8 Å². The van der Waals surface area contributed by atoms with Gasteiger partial charge < -0.3 is 10.2 Å². The van der Waals surface area contributed by atoms with Crippen molar-refractivity contribution in [3.05, 3.63) is 93.4 Å². The number of sulfonamides is 1. The van der Waals surface area contributed by atoms with Crippen molar-refractivity contribution in [2.24, 2.45) is 0 Å². The molecule has 1 atom stereocenters. The summed E-state index contributed by atoms with van der Waals surface area (Å²) in [7, 11) is -4.22. The fraction of sp³-hybridized carbons (Fsp3) is 0.286. The Morgan fingerprint density at radius 2 is 1.46 bits per heavy atom. The van der Waals surface area contributed by atoms with Gasteiger partial charge >= 0.3 is 0 Å². The molecule has 0 spiro atoms. The smallest absolute Gasteiger partial charge is 0.264 e. The van der Waals surface area contributed by atoms with Crippen LogP contribution in [0.4, 0.5) is 5.69 Å². The molecule has 0 saturated carbocycles. The van der Waals surface area contributed by atoms with Crippen LogP contribution in [0.1, 0.15) is 32.8 Å². The highest BCUT2D eigenvalue weighted by Crippen LogP contribution is 2.30. The van der Waals surface area contributed by atoms with E-state index >= 15 is 0 Å². The Hall–Kier alpha value is -2.78. The predicted molar refractivity (Wildman–Crippen MR) is 157 cm³/mol. The van der Waals surface area contributed by atoms with Gasteiger partial charge in [0.05, 0.1) is 10.6 Å². The average Bonchev–Trinajstić information content (AvgIpc) is 2.87. The molecule has 2 amide bonds. The number of carbonyl (C=O) groups is 2. The van der Waals surface area contributed by atoms with Gasteiger partial charge in [0.15, 0.2) is 0 Å². The van der Waals surface area contributed by atoms with Gasteiger partial charge in [0, 0.05) is 27.7 Å². The molecule has 0 fully saturated rings. The van der Waals surface area contributed by atoms with Crippen LogP contribution in [0.5, 0.6) is 0 Å². The lowest BCUT2D eigenvalue weighted by molar-refractivity contribution is -0.140. The van der Waals surface area contributed by atoms with E-state index in [0.29, 0.717) is 11.4 Å². The molecule has 1 unspecified atom stereocenters. The lowest BCUT2D eigenvalue weighted by Gasteiger charge is -2.33. The number of halogens is 3. The molecule has 39 heavy (non-hydrogen) atoms. The number of hydrogen-bond acceptors (Lipinski definition) is 4. The first-order valence-electron chi connectivity index (χ1n) is 12.3. The van der Waals surface area contributed by atoms with E-state index in [1.54, 1.807) is 49.4 Å². The number of nitrogens with one attached hydrogen (secondary N) is 1. The second-order valence-electron chi connectivity index (χ2n) is 9.19. The van der Waals surface area contributed by atoms with E-state index in [4.69, 9.17) is 34.8 Å². The minimum Gasteiger partial charge on any atom is -0.352 e. The van der Waals surface area contributed by atoms with Crippen molar-refractivity contribution in [3.8, 4) is 0 Å². The second-order valence-corrected chi connectivity index (χ2v) is 12.4. The molecule has 0 aromatic heterocycles. The van der Waals surface area contributed by atoms with E-state index < -0.39 is 28.5 Å². The molecule has 0 saturated heterocycles. The lowest BCUT2D eigenvalue weighted by atomic mass is 10.1. The molecule has 11 heteroatoms. The van der Waals surface area contributed by atoms with Crippen molar-refractivity contribution < 1.29 is 18.0 Å². The normalized spacial score (nSPS) is 12.2. The molecule has 0 heterocycles. The topological polar surface area (TPSA) is 86.8 Å². The third kappa shape index (κ3) is 8.11. The SMILES string of the molecule is CCC(C(=O)NC(C)C)N(Cc1ccc(Cl)cc1)C(=O)CN(c1cc(Cl)cc(Cl)c1)S(=O)(=O)c1ccccc1. The summed E-state index contributed by atoms with van der Waals surface area (Å²) in [6.07, 6.45) is 0.312. The zero-order valence-electron chi connectivity index (χ0n) is 21.8. The van der Waals surface area contributed by atoms with Gasteiger partial charge in [-0.2, -0.15) is 0 Å². The van der Waals surface area contributed by atoms with Crippen molar-refractivity contribution in [2.45, 2.75) is 50.7 Å². The molecule has 1 N–H and O–H groups in total. The van der Waals surface area contributed by atoms with Gasteiger partial charge in [-0.3, -0.25) is 13.9 Å². The Morgan fingerprint density at radius 1 is 0.872 bits per heavy atom. The fourth-order valence-corrected chi connectivity index (χ4v) is 6.08. The van der Waals surface area contributed by atoms with Crippen LogP contribution in [0.2, 0.25) is 15.1 Å². The summed E-state index contributed by atoms with van der Waals surface area (Å²) in [5.74, 6) is -0.913. The minimum atomic E-state index is -4.22. The van der Waals surface area contributed by atoms with E-state index in [-0.39, 0.29) is 39.1 Å². The number of hydrogen-bond donors (Lipinski definition) is 1. The van der Waals surface area contributed by atoms with Crippen LogP contribution in [0.25, 0.3) is 0 Å². The highest BCUT2D eigenvalue weighted by Gasteiger charge is 2.34. The Morgan fingerprint density at radius 3 is 2.00 bits per heavy atom. The summed E-state index contributed by atoms with van der Waals surface area (Å²) in [5.41, 5.74) is 0.850. The molecular weight excluding hydrogens is 581 g/mol. The summed E-state index contributed by atoms with van der Waals surface area (Å²) >= 11 is 18.5. The Balaban J connectivity index is 2.08. The van der Waals surface area contributed by atoms with Crippen LogP contribution >= 0.6 is 34.8 Å². The number of anilines is 1. The van der Waals surface area contributed by atoms with E-state index in [2.05, 4.69) is 5.32 Å². The fourth-order valence-electron chi connectivity index (χ4n) is 4.02. The molecule has 0 aliphatic rings. The van der Waals surface area contributed by atoms with E-state index in [1.165, 1.54) is 35.2 Å². The van der Waals surface area contributed by atoms with Gasteiger partial charge in [-0.05, 0) is 68.3 Å². The van der Waals surface area contributed by atoms with Gasteiger partial charge in [-0.1, -0.05) is 72.1 Å². The van der Waals surface area contributed by atoms with Gasteiger partial charge in [0.1, 0.15) is 12.6 Å². The van der Waals surface area contributed by atoms with Crippen LogP contribution < -0.4 is 9.62 Å². The third-order valence-electron chi connectivity index (χ3n) is 5.83. The van der Waals surface area contributed by atoms with Crippen molar-refractivity contribution in [1.29, 1.82) is 0 Å². The molecule has 3 aromatic carbocycles. The molecule has 0 radical (unpaired) electrons. The summed E-state index contributed by atoms with van der Waals surface area (Å²) in [6, 6.07) is 18.0. The van der Waals surface area contributed by atoms with Crippen molar-refractivity contribution >= 4 is 62.3 Å². The maximum Gasteiger partial charge on any atom is 0.264 e. The van der Waals surface area contributed by atoms with Crippen LogP contribution in [-0.2, 0) is 26.2 Å². The first kappa shape index (κ1) is 30.8. The summed E-state index contributed by atoms with van der Waals surface area (Å²) in [4.78, 5) is 28.5. The van der Waals surface area contributed by atoms with E-state index in [9.17, 15) is 18.0 Å². The quantitative estimate of drug-likeness (QED) is 0.281.